The van der Waals surface area contributed by atoms with Crippen LogP contribution in [-0.4, -0.2) is 24.9 Å². The van der Waals surface area contributed by atoms with Crippen molar-refractivity contribution in [1.29, 1.82) is 0 Å². The molecule has 21 heavy (non-hydrogen) atoms. The lowest BCUT2D eigenvalue weighted by atomic mass is 10.3. The van der Waals surface area contributed by atoms with Gasteiger partial charge < -0.3 is 5.32 Å². The molecule has 0 aliphatic carbocycles. The summed E-state index contributed by atoms with van der Waals surface area (Å²) in [5.74, 6) is -0.339. The number of urea groups is 1. The number of nitrogens with one attached hydrogen (secondary N) is 4. The lowest BCUT2D eigenvalue weighted by molar-refractivity contribution is -0.118. The Bertz CT molecular complexity index is 468. The summed E-state index contributed by atoms with van der Waals surface area (Å²) in [7, 11) is 0. The molecule has 4 N–H and O–H groups in total. The largest absolute Gasteiger partial charge is 0.338 e. The molecule has 0 atom stereocenters. The van der Waals surface area contributed by atoms with Gasteiger partial charge in [0.2, 0.25) is 12.3 Å². The molecule has 0 heterocycles. The van der Waals surface area contributed by atoms with Gasteiger partial charge in [0.25, 0.3) is 0 Å². The maximum absolute atomic E-state index is 10.6. The van der Waals surface area contributed by atoms with Crippen LogP contribution < -0.4 is 21.5 Å². The number of benzene rings is 1. The van der Waals surface area contributed by atoms with Crippen LogP contribution in [0.5, 0.6) is 0 Å². The monoisotopic (exact) mass is 314 g/mol. The second-order valence-corrected chi connectivity index (χ2v) is 4.27. The van der Waals surface area contributed by atoms with Crippen LogP contribution in [0.3, 0.4) is 0 Å². The summed E-state index contributed by atoms with van der Waals surface area (Å²) in [6.07, 6.45) is 1.42. The Labute approximate surface area is 128 Å². The molecule has 1 aromatic carbocycles. The Hall–Kier alpha value is -2.28. The first-order chi connectivity index (χ1) is 9.99. The minimum absolute atomic E-state index is 0.339. The Kier molecular flexibility index (Phi) is 10.3. The zero-order valence-electron chi connectivity index (χ0n) is 11.9. The molecule has 8 heteroatoms. The van der Waals surface area contributed by atoms with Gasteiger partial charge >= 0.3 is 6.03 Å². The molecule has 0 aliphatic rings. The number of carbonyl (C=O) groups excluding carboxylic acids is 3. The molecule has 0 spiro atoms. The average molecular weight is 315 g/mol. The third kappa shape index (κ3) is 11.3. The van der Waals surface area contributed by atoms with E-state index in [1.54, 1.807) is 24.3 Å². The van der Waals surface area contributed by atoms with Crippen LogP contribution in [0.1, 0.15) is 20.3 Å². The number of rotatable bonds is 5. The molecule has 0 bridgehead atoms. The van der Waals surface area contributed by atoms with Crippen molar-refractivity contribution in [3.63, 3.8) is 0 Å². The molecule has 0 saturated carbocycles. The highest BCUT2D eigenvalue weighted by atomic mass is 35.5. The van der Waals surface area contributed by atoms with Crippen molar-refractivity contribution < 1.29 is 14.4 Å². The number of hydrazine groups is 1. The van der Waals surface area contributed by atoms with Gasteiger partial charge in [0.15, 0.2) is 0 Å². The summed E-state index contributed by atoms with van der Waals surface area (Å²) in [5, 5.41) is 5.21. The van der Waals surface area contributed by atoms with Gasteiger partial charge in [-0.15, -0.1) is 0 Å². The maximum Gasteiger partial charge on any atom is 0.321 e. The highest BCUT2D eigenvalue weighted by Gasteiger charge is 1.98. The van der Waals surface area contributed by atoms with E-state index in [9.17, 15) is 14.4 Å². The smallest absolute Gasteiger partial charge is 0.321 e. The minimum Gasteiger partial charge on any atom is -0.338 e. The fourth-order valence-corrected chi connectivity index (χ4v) is 1.31. The van der Waals surface area contributed by atoms with Crippen LogP contribution >= 0.6 is 11.6 Å². The lowest BCUT2D eigenvalue weighted by Crippen LogP contribution is -2.38. The SMILES string of the molecule is CCCNC(=O)NC(C)=O.O=CNNc1cccc(Cl)c1. The van der Waals surface area contributed by atoms with Crippen molar-refractivity contribution in [3.05, 3.63) is 29.3 Å². The van der Waals surface area contributed by atoms with E-state index in [0.717, 1.165) is 12.1 Å². The number of halogens is 1. The normalized spacial score (nSPS) is 8.71. The molecule has 0 aliphatic heterocycles. The van der Waals surface area contributed by atoms with Crippen LogP contribution in [0, 0.1) is 0 Å². The molecule has 116 valence electrons. The Morgan fingerprint density at radius 2 is 2.05 bits per heavy atom. The summed E-state index contributed by atoms with van der Waals surface area (Å²) >= 11 is 5.67. The van der Waals surface area contributed by atoms with E-state index in [1.165, 1.54) is 6.92 Å². The van der Waals surface area contributed by atoms with E-state index < -0.39 is 6.03 Å². The highest BCUT2D eigenvalue weighted by Crippen LogP contribution is 2.13. The van der Waals surface area contributed by atoms with E-state index in [2.05, 4.69) is 21.5 Å². The molecule has 0 unspecified atom stereocenters. The first-order valence-electron chi connectivity index (χ1n) is 6.25. The third-order valence-electron chi connectivity index (χ3n) is 1.93. The highest BCUT2D eigenvalue weighted by molar-refractivity contribution is 6.30. The molecule has 0 aromatic heterocycles. The summed E-state index contributed by atoms with van der Waals surface area (Å²) in [4.78, 5) is 30.7. The summed E-state index contributed by atoms with van der Waals surface area (Å²) in [6, 6.07) is 6.62. The third-order valence-corrected chi connectivity index (χ3v) is 2.16. The molecule has 0 fully saturated rings. The zero-order chi connectivity index (χ0) is 16.1. The molecular weight excluding hydrogens is 296 g/mol. The van der Waals surface area contributed by atoms with Gasteiger partial charge in [-0.05, 0) is 24.6 Å². The van der Waals surface area contributed by atoms with Crippen molar-refractivity contribution in [2.24, 2.45) is 0 Å². The number of amides is 4. The van der Waals surface area contributed by atoms with E-state index in [4.69, 9.17) is 11.6 Å². The topological polar surface area (TPSA) is 99.3 Å². The fraction of sp³-hybridized carbons (Fsp3) is 0.308. The van der Waals surface area contributed by atoms with Crippen LogP contribution in [0.25, 0.3) is 0 Å². The van der Waals surface area contributed by atoms with Crippen molar-refractivity contribution >= 4 is 35.6 Å². The maximum atomic E-state index is 10.6. The predicted molar refractivity (Wildman–Crippen MR) is 81.8 cm³/mol. The van der Waals surface area contributed by atoms with Crippen molar-refractivity contribution in [3.8, 4) is 0 Å². The van der Waals surface area contributed by atoms with Crippen molar-refractivity contribution in [2.45, 2.75) is 20.3 Å². The molecular formula is C13H19ClN4O3. The fourth-order valence-electron chi connectivity index (χ4n) is 1.12. The van der Waals surface area contributed by atoms with E-state index in [-0.39, 0.29) is 5.91 Å². The lowest BCUT2D eigenvalue weighted by Gasteiger charge is -2.02. The first kappa shape index (κ1) is 18.7. The van der Waals surface area contributed by atoms with Gasteiger partial charge in [-0.3, -0.25) is 25.8 Å². The van der Waals surface area contributed by atoms with Gasteiger partial charge in [0.05, 0.1) is 5.69 Å². The van der Waals surface area contributed by atoms with Gasteiger partial charge in [0, 0.05) is 18.5 Å². The van der Waals surface area contributed by atoms with Gasteiger partial charge in [-0.2, -0.15) is 0 Å². The number of hydrogen-bond acceptors (Lipinski definition) is 4. The van der Waals surface area contributed by atoms with Crippen LogP contribution in [0.2, 0.25) is 5.02 Å². The van der Waals surface area contributed by atoms with Gasteiger partial charge in [-0.25, -0.2) is 4.79 Å². The van der Waals surface area contributed by atoms with E-state index in [0.29, 0.717) is 18.0 Å². The Balaban J connectivity index is 0.000000384. The minimum atomic E-state index is -0.422. The van der Waals surface area contributed by atoms with Gasteiger partial charge in [0.1, 0.15) is 0 Å². The first-order valence-corrected chi connectivity index (χ1v) is 6.63. The van der Waals surface area contributed by atoms with Crippen LogP contribution in [-0.2, 0) is 9.59 Å². The second kappa shape index (κ2) is 11.5. The number of imide groups is 1. The second-order valence-electron chi connectivity index (χ2n) is 3.83. The standard InChI is InChI=1S/C7H7ClN2O.C6H12N2O2/c8-6-2-1-3-7(4-6)10-9-5-11;1-3-4-7-6(10)8-5(2)9/h1-5,10H,(H,9,11);3-4H2,1-2H3,(H2,7,8,9,10). The molecule has 7 nitrogen and oxygen atoms in total. The summed E-state index contributed by atoms with van der Waals surface area (Å²) < 4.78 is 0. The quantitative estimate of drug-likeness (QED) is 0.490. The van der Waals surface area contributed by atoms with Crippen LogP contribution in [0.4, 0.5) is 10.5 Å². The zero-order valence-corrected chi connectivity index (χ0v) is 12.7. The number of hydrogen-bond donors (Lipinski definition) is 4. The summed E-state index contributed by atoms with van der Waals surface area (Å²) in [5.41, 5.74) is 5.69. The summed E-state index contributed by atoms with van der Waals surface area (Å²) in [6.45, 7) is 3.83. The molecule has 0 radical (unpaired) electrons. The molecule has 1 aromatic rings. The van der Waals surface area contributed by atoms with E-state index in [1.807, 2.05) is 6.92 Å². The number of anilines is 1. The average Bonchev–Trinajstić information content (AvgIpc) is 2.43. The molecule has 4 amide bonds. The Morgan fingerprint density at radius 3 is 2.57 bits per heavy atom. The van der Waals surface area contributed by atoms with Crippen molar-refractivity contribution in [1.82, 2.24) is 16.1 Å². The number of carbonyl (C=O) groups is 3. The molecule has 0 saturated heterocycles. The van der Waals surface area contributed by atoms with Crippen molar-refractivity contribution in [2.75, 3.05) is 12.0 Å². The molecule has 1 rings (SSSR count). The Morgan fingerprint density at radius 1 is 1.33 bits per heavy atom. The predicted octanol–water partition coefficient (Wildman–Crippen LogP) is 1.66. The van der Waals surface area contributed by atoms with E-state index >= 15 is 0 Å². The van der Waals surface area contributed by atoms with Crippen LogP contribution in [0.15, 0.2) is 24.3 Å². The van der Waals surface area contributed by atoms with Gasteiger partial charge in [-0.1, -0.05) is 24.6 Å².